The minimum atomic E-state index is -0.108. The Labute approximate surface area is 92.2 Å². The first-order chi connectivity index (χ1) is 7.26. The fourth-order valence-electron chi connectivity index (χ4n) is 2.54. The minimum absolute atomic E-state index is 0.108. The third kappa shape index (κ3) is 2.92. The highest BCUT2D eigenvalue weighted by atomic mass is 16.5. The summed E-state index contributed by atoms with van der Waals surface area (Å²) in [6.07, 6.45) is 6.99. The van der Waals surface area contributed by atoms with Crippen molar-refractivity contribution in [1.82, 2.24) is 5.32 Å². The van der Waals surface area contributed by atoms with Gasteiger partial charge in [0.15, 0.2) is 0 Å². The predicted octanol–water partition coefficient (Wildman–Crippen LogP) is 1.31. The summed E-state index contributed by atoms with van der Waals surface area (Å²) in [7, 11) is 1.77. The molecule has 0 unspecified atom stereocenters. The maximum Gasteiger partial charge on any atom is 0.0693 e. The second kappa shape index (κ2) is 4.81. The topological polar surface area (TPSA) is 41.5 Å². The molecule has 15 heavy (non-hydrogen) atoms. The van der Waals surface area contributed by atoms with E-state index >= 15 is 0 Å². The Kier molecular flexibility index (Phi) is 3.65. The SMILES string of the molecule is COCCC1(CN[C@H]2CCC[C@@H]2O)CC1. The molecule has 0 spiro atoms. The van der Waals surface area contributed by atoms with Gasteiger partial charge >= 0.3 is 0 Å². The Bertz CT molecular complexity index is 204. The normalized spacial score (nSPS) is 33.2. The van der Waals surface area contributed by atoms with Crippen LogP contribution in [0.2, 0.25) is 0 Å². The van der Waals surface area contributed by atoms with Gasteiger partial charge in [-0.1, -0.05) is 0 Å². The lowest BCUT2D eigenvalue weighted by Gasteiger charge is -2.21. The van der Waals surface area contributed by atoms with Crippen molar-refractivity contribution >= 4 is 0 Å². The molecule has 3 nitrogen and oxygen atoms in total. The van der Waals surface area contributed by atoms with Crippen LogP contribution >= 0.6 is 0 Å². The van der Waals surface area contributed by atoms with Gasteiger partial charge in [0.25, 0.3) is 0 Å². The summed E-state index contributed by atoms with van der Waals surface area (Å²) in [6, 6.07) is 0.352. The number of aliphatic hydroxyl groups excluding tert-OH is 1. The van der Waals surface area contributed by atoms with Crippen LogP contribution in [0.15, 0.2) is 0 Å². The third-order valence-corrected chi connectivity index (χ3v) is 4.01. The van der Waals surface area contributed by atoms with E-state index in [2.05, 4.69) is 5.32 Å². The molecule has 0 aromatic rings. The molecule has 0 aliphatic heterocycles. The lowest BCUT2D eigenvalue weighted by atomic mass is 10.0. The summed E-state index contributed by atoms with van der Waals surface area (Å²) in [4.78, 5) is 0. The van der Waals surface area contributed by atoms with Gasteiger partial charge in [-0.15, -0.1) is 0 Å². The summed E-state index contributed by atoms with van der Waals surface area (Å²) >= 11 is 0. The van der Waals surface area contributed by atoms with E-state index in [0.717, 1.165) is 26.0 Å². The molecule has 2 saturated carbocycles. The van der Waals surface area contributed by atoms with Crippen LogP contribution in [0, 0.1) is 5.41 Å². The molecular formula is C12H23NO2. The molecule has 2 rings (SSSR count). The number of hydrogen-bond donors (Lipinski definition) is 2. The zero-order chi connectivity index (χ0) is 10.7. The zero-order valence-electron chi connectivity index (χ0n) is 9.67. The molecule has 0 heterocycles. The van der Waals surface area contributed by atoms with Crippen LogP contribution in [-0.2, 0) is 4.74 Å². The van der Waals surface area contributed by atoms with Gasteiger partial charge in [0.05, 0.1) is 6.10 Å². The summed E-state index contributed by atoms with van der Waals surface area (Å²) in [5.41, 5.74) is 0.498. The van der Waals surface area contributed by atoms with Crippen molar-refractivity contribution in [1.29, 1.82) is 0 Å². The van der Waals surface area contributed by atoms with Crippen molar-refractivity contribution in [3.05, 3.63) is 0 Å². The summed E-state index contributed by atoms with van der Waals surface area (Å²) < 4.78 is 5.13. The lowest BCUT2D eigenvalue weighted by Crippen LogP contribution is -2.39. The average molecular weight is 213 g/mol. The van der Waals surface area contributed by atoms with Crippen LogP contribution in [-0.4, -0.2) is 37.5 Å². The van der Waals surface area contributed by atoms with E-state index in [4.69, 9.17) is 4.74 Å². The molecule has 0 aromatic heterocycles. The largest absolute Gasteiger partial charge is 0.392 e. The molecule has 2 aliphatic carbocycles. The van der Waals surface area contributed by atoms with Crippen LogP contribution in [0.1, 0.15) is 38.5 Å². The predicted molar refractivity (Wildman–Crippen MR) is 59.8 cm³/mol. The molecule has 3 heteroatoms. The molecule has 2 aliphatic rings. The third-order valence-electron chi connectivity index (χ3n) is 4.01. The van der Waals surface area contributed by atoms with Gasteiger partial charge in [0.1, 0.15) is 0 Å². The number of methoxy groups -OCH3 is 1. The number of nitrogens with one attached hydrogen (secondary N) is 1. The van der Waals surface area contributed by atoms with Gasteiger partial charge in [-0.05, 0) is 43.9 Å². The molecule has 0 amide bonds. The summed E-state index contributed by atoms with van der Waals surface area (Å²) in [5.74, 6) is 0. The van der Waals surface area contributed by atoms with E-state index in [-0.39, 0.29) is 6.10 Å². The highest BCUT2D eigenvalue weighted by molar-refractivity contribution is 4.96. The second-order valence-electron chi connectivity index (χ2n) is 5.23. The first-order valence-corrected chi connectivity index (χ1v) is 6.16. The Hall–Kier alpha value is -0.120. The molecular weight excluding hydrogens is 190 g/mol. The van der Waals surface area contributed by atoms with Crippen LogP contribution in [0.25, 0.3) is 0 Å². The van der Waals surface area contributed by atoms with Gasteiger partial charge in [-0.25, -0.2) is 0 Å². The van der Waals surface area contributed by atoms with Gasteiger partial charge in [-0.3, -0.25) is 0 Å². The zero-order valence-corrected chi connectivity index (χ0v) is 9.67. The highest BCUT2D eigenvalue weighted by Gasteiger charge is 2.42. The Morgan fingerprint density at radius 3 is 2.73 bits per heavy atom. The first kappa shape index (κ1) is 11.4. The van der Waals surface area contributed by atoms with Gasteiger partial charge in [0, 0.05) is 26.3 Å². The molecule has 0 aromatic carbocycles. The lowest BCUT2D eigenvalue weighted by molar-refractivity contribution is 0.139. The second-order valence-corrected chi connectivity index (χ2v) is 5.23. The Balaban J connectivity index is 1.68. The maximum atomic E-state index is 9.70. The molecule has 0 bridgehead atoms. The summed E-state index contributed by atoms with van der Waals surface area (Å²) in [6.45, 7) is 1.94. The Morgan fingerprint density at radius 2 is 2.20 bits per heavy atom. The van der Waals surface area contributed by atoms with Crippen molar-refractivity contribution < 1.29 is 9.84 Å². The van der Waals surface area contributed by atoms with Crippen molar-refractivity contribution in [3.63, 3.8) is 0 Å². The van der Waals surface area contributed by atoms with Crippen molar-refractivity contribution in [3.8, 4) is 0 Å². The van der Waals surface area contributed by atoms with Gasteiger partial charge in [0.2, 0.25) is 0 Å². The van der Waals surface area contributed by atoms with Crippen LogP contribution < -0.4 is 5.32 Å². The number of rotatable bonds is 6. The standard InChI is InChI=1S/C12H23NO2/c1-15-8-7-12(5-6-12)9-13-10-3-2-4-11(10)14/h10-11,13-14H,2-9H2,1H3/t10-,11-/m0/s1. The molecule has 2 fully saturated rings. The summed E-state index contributed by atoms with van der Waals surface area (Å²) in [5, 5.41) is 13.2. The van der Waals surface area contributed by atoms with Crippen molar-refractivity contribution in [2.45, 2.75) is 50.7 Å². The highest BCUT2D eigenvalue weighted by Crippen LogP contribution is 2.48. The first-order valence-electron chi connectivity index (χ1n) is 6.16. The molecule has 2 atom stereocenters. The molecule has 2 N–H and O–H groups in total. The van der Waals surface area contributed by atoms with E-state index in [1.165, 1.54) is 25.7 Å². The Morgan fingerprint density at radius 1 is 1.40 bits per heavy atom. The van der Waals surface area contributed by atoms with Crippen molar-refractivity contribution in [2.24, 2.45) is 5.41 Å². The van der Waals surface area contributed by atoms with E-state index in [1.807, 2.05) is 0 Å². The smallest absolute Gasteiger partial charge is 0.0693 e. The molecule has 88 valence electrons. The average Bonchev–Trinajstić information content (AvgIpc) is 2.90. The van der Waals surface area contributed by atoms with E-state index in [9.17, 15) is 5.11 Å². The maximum absolute atomic E-state index is 9.70. The minimum Gasteiger partial charge on any atom is -0.392 e. The van der Waals surface area contributed by atoms with Crippen molar-refractivity contribution in [2.75, 3.05) is 20.3 Å². The van der Waals surface area contributed by atoms with E-state index in [1.54, 1.807) is 7.11 Å². The fraction of sp³-hybridized carbons (Fsp3) is 1.00. The molecule has 0 saturated heterocycles. The van der Waals surface area contributed by atoms with Crippen LogP contribution in [0.4, 0.5) is 0 Å². The van der Waals surface area contributed by atoms with Crippen LogP contribution in [0.5, 0.6) is 0 Å². The van der Waals surface area contributed by atoms with Crippen LogP contribution in [0.3, 0.4) is 0 Å². The van der Waals surface area contributed by atoms with Gasteiger partial charge in [-0.2, -0.15) is 0 Å². The van der Waals surface area contributed by atoms with E-state index in [0.29, 0.717) is 11.5 Å². The van der Waals surface area contributed by atoms with Gasteiger partial charge < -0.3 is 15.2 Å². The number of ether oxygens (including phenoxy) is 1. The molecule has 0 radical (unpaired) electrons. The monoisotopic (exact) mass is 213 g/mol. The number of hydrogen-bond acceptors (Lipinski definition) is 3. The van der Waals surface area contributed by atoms with E-state index < -0.39 is 0 Å². The fourth-order valence-corrected chi connectivity index (χ4v) is 2.54. The quantitative estimate of drug-likeness (QED) is 0.699. The number of aliphatic hydroxyl groups is 1.